The molecule has 0 unspecified atom stereocenters. The molecule has 0 aliphatic carbocycles. The van der Waals surface area contributed by atoms with E-state index in [2.05, 4.69) is 63.1 Å². The topological polar surface area (TPSA) is 63.1 Å². The molecule has 0 atom stereocenters. The Morgan fingerprint density at radius 2 is 1.66 bits per heavy atom. The Labute approximate surface area is 175 Å². The van der Waals surface area contributed by atoms with Crippen molar-refractivity contribution in [2.24, 2.45) is 5.92 Å². The maximum absolute atomic E-state index is 12.8. The van der Waals surface area contributed by atoms with Crippen LogP contribution in [0.25, 0.3) is 5.13 Å². The SMILES string of the molecule is Cc1ccc(C)c(NC(=O)C2CCN(c3nnc(-n4c(C)ccc4C)s3)CC2)c1. The molecule has 0 spiro atoms. The number of aromatic nitrogens is 3. The quantitative estimate of drug-likeness (QED) is 0.693. The van der Waals surface area contributed by atoms with Crippen LogP contribution in [0.5, 0.6) is 0 Å². The van der Waals surface area contributed by atoms with Crippen LogP contribution in [0, 0.1) is 33.6 Å². The number of hydrogen-bond donors (Lipinski definition) is 1. The van der Waals surface area contributed by atoms with Crippen LogP contribution in [0.4, 0.5) is 10.8 Å². The molecule has 2 aromatic heterocycles. The number of benzene rings is 1. The Balaban J connectivity index is 1.38. The molecule has 3 heterocycles. The molecule has 4 rings (SSSR count). The number of aryl methyl sites for hydroxylation is 4. The van der Waals surface area contributed by atoms with Crippen molar-refractivity contribution in [3.63, 3.8) is 0 Å². The molecule has 7 heteroatoms. The van der Waals surface area contributed by atoms with Crippen molar-refractivity contribution in [3.8, 4) is 5.13 Å². The maximum Gasteiger partial charge on any atom is 0.227 e. The molecule has 3 aromatic rings. The lowest BCUT2D eigenvalue weighted by molar-refractivity contribution is -0.120. The van der Waals surface area contributed by atoms with Crippen molar-refractivity contribution in [1.29, 1.82) is 0 Å². The van der Waals surface area contributed by atoms with Gasteiger partial charge in [-0.2, -0.15) is 0 Å². The van der Waals surface area contributed by atoms with Crippen LogP contribution in [0.3, 0.4) is 0 Å². The van der Waals surface area contributed by atoms with Crippen molar-refractivity contribution in [3.05, 3.63) is 52.8 Å². The minimum absolute atomic E-state index is 0.0347. The van der Waals surface area contributed by atoms with Gasteiger partial charge in [0.2, 0.25) is 16.2 Å². The van der Waals surface area contributed by atoms with Gasteiger partial charge in [0.1, 0.15) is 0 Å². The average molecular weight is 410 g/mol. The van der Waals surface area contributed by atoms with E-state index in [9.17, 15) is 4.79 Å². The zero-order valence-corrected chi connectivity index (χ0v) is 18.2. The smallest absolute Gasteiger partial charge is 0.227 e. The first kappa shape index (κ1) is 19.6. The second kappa shape index (κ2) is 7.99. The highest BCUT2D eigenvalue weighted by Crippen LogP contribution is 2.30. The van der Waals surface area contributed by atoms with Crippen LogP contribution >= 0.6 is 11.3 Å². The van der Waals surface area contributed by atoms with E-state index in [1.54, 1.807) is 11.3 Å². The molecule has 0 radical (unpaired) electrons. The highest BCUT2D eigenvalue weighted by atomic mass is 32.1. The molecule has 1 aromatic carbocycles. The first-order chi connectivity index (χ1) is 13.9. The zero-order valence-electron chi connectivity index (χ0n) is 17.4. The van der Waals surface area contributed by atoms with Gasteiger partial charge in [-0.15, -0.1) is 10.2 Å². The summed E-state index contributed by atoms with van der Waals surface area (Å²) >= 11 is 1.61. The van der Waals surface area contributed by atoms with E-state index in [4.69, 9.17) is 0 Å². The minimum Gasteiger partial charge on any atom is -0.347 e. The van der Waals surface area contributed by atoms with Crippen molar-refractivity contribution < 1.29 is 4.79 Å². The molecule has 1 aliphatic rings. The number of hydrogen-bond acceptors (Lipinski definition) is 5. The molecule has 0 saturated carbocycles. The molecule has 29 heavy (non-hydrogen) atoms. The van der Waals surface area contributed by atoms with Crippen molar-refractivity contribution in [2.75, 3.05) is 23.3 Å². The molecule has 0 bridgehead atoms. The number of carbonyl (C=O) groups is 1. The highest BCUT2D eigenvalue weighted by Gasteiger charge is 2.27. The van der Waals surface area contributed by atoms with Crippen molar-refractivity contribution >= 4 is 28.1 Å². The molecule has 152 valence electrons. The largest absolute Gasteiger partial charge is 0.347 e. The van der Waals surface area contributed by atoms with E-state index in [0.29, 0.717) is 0 Å². The van der Waals surface area contributed by atoms with Gasteiger partial charge < -0.3 is 10.2 Å². The summed E-state index contributed by atoms with van der Waals surface area (Å²) in [5, 5.41) is 13.8. The van der Waals surface area contributed by atoms with Crippen LogP contribution in [0.2, 0.25) is 0 Å². The number of piperidine rings is 1. The Morgan fingerprint density at radius 1 is 1.00 bits per heavy atom. The molecule has 6 nitrogen and oxygen atoms in total. The fraction of sp³-hybridized carbons (Fsp3) is 0.409. The van der Waals surface area contributed by atoms with Crippen LogP contribution in [0.15, 0.2) is 30.3 Å². The van der Waals surface area contributed by atoms with E-state index in [1.165, 1.54) is 0 Å². The minimum atomic E-state index is 0.0347. The Kier molecular flexibility index (Phi) is 5.41. The summed E-state index contributed by atoms with van der Waals surface area (Å²) in [6.45, 7) is 9.87. The van der Waals surface area contributed by atoms with Gasteiger partial charge in [-0.05, 0) is 69.9 Å². The lowest BCUT2D eigenvalue weighted by Gasteiger charge is -2.30. The summed E-state index contributed by atoms with van der Waals surface area (Å²) in [5.41, 5.74) is 5.49. The Hall–Kier alpha value is -2.67. The average Bonchev–Trinajstić information content (AvgIpc) is 3.31. The molecule has 1 fully saturated rings. The predicted octanol–water partition coefficient (Wildman–Crippen LogP) is 4.42. The third-order valence-electron chi connectivity index (χ3n) is 5.65. The normalized spacial score (nSPS) is 15.0. The van der Waals surface area contributed by atoms with Gasteiger partial charge in [-0.1, -0.05) is 23.5 Å². The van der Waals surface area contributed by atoms with Gasteiger partial charge in [0.15, 0.2) is 0 Å². The van der Waals surface area contributed by atoms with Crippen LogP contribution in [0.1, 0.15) is 35.4 Å². The van der Waals surface area contributed by atoms with Crippen LogP contribution in [-0.4, -0.2) is 33.8 Å². The molecule has 1 N–H and O–H groups in total. The van der Waals surface area contributed by atoms with E-state index >= 15 is 0 Å². The summed E-state index contributed by atoms with van der Waals surface area (Å²) in [5.74, 6) is 0.155. The van der Waals surface area contributed by atoms with E-state index in [1.807, 2.05) is 19.9 Å². The molecule has 1 aliphatic heterocycles. The fourth-order valence-corrected chi connectivity index (χ4v) is 4.85. The van der Waals surface area contributed by atoms with Gasteiger partial charge >= 0.3 is 0 Å². The second-order valence-electron chi connectivity index (χ2n) is 7.89. The lowest BCUT2D eigenvalue weighted by atomic mass is 9.96. The molecular weight excluding hydrogens is 382 g/mol. The van der Waals surface area contributed by atoms with Crippen molar-refractivity contribution in [1.82, 2.24) is 14.8 Å². The Morgan fingerprint density at radius 3 is 2.34 bits per heavy atom. The number of nitrogens with zero attached hydrogens (tertiary/aromatic N) is 4. The molecule has 1 amide bonds. The van der Waals surface area contributed by atoms with E-state index in [0.717, 1.165) is 64.4 Å². The summed E-state index contributed by atoms with van der Waals surface area (Å²) in [7, 11) is 0. The highest BCUT2D eigenvalue weighted by molar-refractivity contribution is 7.17. The predicted molar refractivity (Wildman–Crippen MR) is 118 cm³/mol. The van der Waals surface area contributed by atoms with E-state index in [-0.39, 0.29) is 11.8 Å². The fourth-order valence-electron chi connectivity index (χ4n) is 3.83. The van der Waals surface area contributed by atoms with Gasteiger partial charge in [0.05, 0.1) is 0 Å². The monoisotopic (exact) mass is 409 g/mol. The number of rotatable bonds is 4. The van der Waals surface area contributed by atoms with Crippen molar-refractivity contribution in [2.45, 2.75) is 40.5 Å². The number of anilines is 2. The zero-order chi connectivity index (χ0) is 20.5. The molecular formula is C22H27N5OS. The third kappa shape index (κ3) is 4.05. The summed E-state index contributed by atoms with van der Waals surface area (Å²) in [6.07, 6.45) is 1.65. The van der Waals surface area contributed by atoms with Gasteiger partial charge in [0.25, 0.3) is 0 Å². The van der Waals surface area contributed by atoms with Gasteiger partial charge in [-0.3, -0.25) is 9.36 Å². The Bertz CT molecular complexity index is 1010. The second-order valence-corrected chi connectivity index (χ2v) is 8.82. The lowest BCUT2D eigenvalue weighted by Crippen LogP contribution is -2.38. The third-order valence-corrected chi connectivity index (χ3v) is 6.62. The van der Waals surface area contributed by atoms with Gasteiger partial charge in [0, 0.05) is 36.1 Å². The molecule has 1 saturated heterocycles. The summed E-state index contributed by atoms with van der Waals surface area (Å²) in [4.78, 5) is 15.0. The maximum atomic E-state index is 12.8. The van der Waals surface area contributed by atoms with Crippen LogP contribution < -0.4 is 10.2 Å². The van der Waals surface area contributed by atoms with Crippen LogP contribution in [-0.2, 0) is 4.79 Å². The first-order valence-electron chi connectivity index (χ1n) is 10.0. The van der Waals surface area contributed by atoms with E-state index < -0.39 is 0 Å². The summed E-state index contributed by atoms with van der Waals surface area (Å²) in [6, 6.07) is 10.3. The summed E-state index contributed by atoms with van der Waals surface area (Å²) < 4.78 is 2.13. The number of nitrogens with one attached hydrogen (secondary N) is 1. The van der Waals surface area contributed by atoms with Gasteiger partial charge in [-0.25, -0.2) is 0 Å². The number of amides is 1. The standard InChI is InChI=1S/C22H27N5OS/c1-14-5-6-15(2)19(13-14)23-20(28)18-9-11-26(12-10-18)21-24-25-22(29-21)27-16(3)7-8-17(27)4/h5-8,13,18H,9-12H2,1-4H3,(H,23,28). The number of carbonyl (C=O) groups excluding carboxylic acids is 1. The first-order valence-corrected chi connectivity index (χ1v) is 10.9.